The molecule has 0 unspecified atom stereocenters. The largest absolute Gasteiger partial charge is 0.496 e. The van der Waals surface area contributed by atoms with E-state index in [4.69, 9.17) is 4.74 Å². The molecule has 20 heavy (non-hydrogen) atoms. The van der Waals surface area contributed by atoms with Gasteiger partial charge in [-0.1, -0.05) is 30.3 Å². The van der Waals surface area contributed by atoms with Crippen LogP contribution in [0.2, 0.25) is 0 Å². The van der Waals surface area contributed by atoms with Crippen LogP contribution in [-0.4, -0.2) is 7.11 Å². The Hall–Kier alpha value is -1.87. The number of rotatable bonds is 5. The van der Waals surface area contributed by atoms with E-state index in [-0.39, 0.29) is 11.9 Å². The molecule has 0 amide bonds. The van der Waals surface area contributed by atoms with Crippen molar-refractivity contribution in [3.8, 4) is 5.75 Å². The summed E-state index contributed by atoms with van der Waals surface area (Å²) in [5.41, 5.74) is 2.95. The highest BCUT2D eigenvalue weighted by molar-refractivity contribution is 5.36. The number of nitrogens with one attached hydrogen (secondary N) is 1. The topological polar surface area (TPSA) is 21.3 Å². The Labute approximate surface area is 119 Å². The van der Waals surface area contributed by atoms with Gasteiger partial charge in [0.15, 0.2) is 0 Å². The number of hydrogen-bond acceptors (Lipinski definition) is 2. The molecule has 0 fully saturated rings. The first-order valence-corrected chi connectivity index (χ1v) is 6.73. The molecule has 0 heterocycles. The van der Waals surface area contributed by atoms with Gasteiger partial charge in [-0.15, -0.1) is 0 Å². The zero-order valence-electron chi connectivity index (χ0n) is 12.1. The van der Waals surface area contributed by atoms with Gasteiger partial charge in [0.05, 0.1) is 7.11 Å². The quantitative estimate of drug-likeness (QED) is 0.889. The normalized spacial score (nSPS) is 12.2. The summed E-state index contributed by atoms with van der Waals surface area (Å²) < 4.78 is 18.9. The van der Waals surface area contributed by atoms with Crippen molar-refractivity contribution < 1.29 is 9.13 Å². The molecule has 0 aliphatic heterocycles. The molecule has 3 heteroatoms. The van der Waals surface area contributed by atoms with Crippen molar-refractivity contribution in [3.05, 3.63) is 65.0 Å². The summed E-state index contributed by atoms with van der Waals surface area (Å²) in [7, 11) is 1.67. The minimum absolute atomic E-state index is 0.0291. The molecule has 1 N–H and O–H groups in total. The fourth-order valence-corrected chi connectivity index (χ4v) is 2.26. The molecule has 0 aliphatic carbocycles. The molecule has 2 aromatic rings. The van der Waals surface area contributed by atoms with Crippen LogP contribution in [0.5, 0.6) is 5.75 Å². The Morgan fingerprint density at radius 1 is 1.20 bits per heavy atom. The SMILES string of the molecule is COc1ccc(CN[C@H](C)c2ccccc2F)cc1C. The Balaban J connectivity index is 2.02. The average molecular weight is 273 g/mol. The van der Waals surface area contributed by atoms with Crippen LogP contribution in [0, 0.1) is 12.7 Å². The van der Waals surface area contributed by atoms with Crippen molar-refractivity contribution >= 4 is 0 Å². The van der Waals surface area contributed by atoms with Gasteiger partial charge in [0, 0.05) is 18.2 Å². The van der Waals surface area contributed by atoms with E-state index in [1.54, 1.807) is 13.2 Å². The number of halogens is 1. The van der Waals surface area contributed by atoms with Gasteiger partial charge in [0.1, 0.15) is 11.6 Å². The molecule has 2 nitrogen and oxygen atoms in total. The molecule has 2 aromatic carbocycles. The fraction of sp³-hybridized carbons (Fsp3) is 0.294. The molecule has 2 rings (SSSR count). The number of hydrogen-bond donors (Lipinski definition) is 1. The van der Waals surface area contributed by atoms with Gasteiger partial charge in [-0.2, -0.15) is 0 Å². The van der Waals surface area contributed by atoms with E-state index in [0.717, 1.165) is 16.9 Å². The fourth-order valence-electron chi connectivity index (χ4n) is 2.26. The predicted molar refractivity (Wildman–Crippen MR) is 79.4 cm³/mol. The van der Waals surface area contributed by atoms with Crippen LogP contribution in [0.25, 0.3) is 0 Å². The van der Waals surface area contributed by atoms with Crippen LogP contribution in [0.4, 0.5) is 4.39 Å². The average Bonchev–Trinajstić information content (AvgIpc) is 2.45. The van der Waals surface area contributed by atoms with Crippen LogP contribution >= 0.6 is 0 Å². The molecule has 0 saturated heterocycles. The molecular weight excluding hydrogens is 253 g/mol. The number of ether oxygens (including phenoxy) is 1. The van der Waals surface area contributed by atoms with Gasteiger partial charge in [-0.05, 0) is 37.1 Å². The Bertz CT molecular complexity index is 583. The predicted octanol–water partition coefficient (Wildman–Crippen LogP) is 3.99. The van der Waals surface area contributed by atoms with Gasteiger partial charge in [0.2, 0.25) is 0 Å². The Kier molecular flexibility index (Phi) is 4.74. The van der Waals surface area contributed by atoms with Gasteiger partial charge in [0.25, 0.3) is 0 Å². The minimum Gasteiger partial charge on any atom is -0.496 e. The maximum absolute atomic E-state index is 13.7. The zero-order valence-corrected chi connectivity index (χ0v) is 12.1. The Morgan fingerprint density at radius 3 is 2.60 bits per heavy atom. The maximum atomic E-state index is 13.7. The number of benzene rings is 2. The van der Waals surface area contributed by atoms with Crippen LogP contribution < -0.4 is 10.1 Å². The lowest BCUT2D eigenvalue weighted by molar-refractivity contribution is 0.411. The third-order valence-corrected chi connectivity index (χ3v) is 3.44. The highest BCUT2D eigenvalue weighted by Gasteiger charge is 2.09. The first-order chi connectivity index (χ1) is 9.61. The van der Waals surface area contributed by atoms with E-state index in [0.29, 0.717) is 12.1 Å². The van der Waals surface area contributed by atoms with Crippen LogP contribution in [0.3, 0.4) is 0 Å². The van der Waals surface area contributed by atoms with E-state index in [2.05, 4.69) is 11.4 Å². The van der Waals surface area contributed by atoms with Crippen LogP contribution in [0.15, 0.2) is 42.5 Å². The van der Waals surface area contributed by atoms with E-state index >= 15 is 0 Å². The van der Waals surface area contributed by atoms with E-state index in [1.807, 2.05) is 38.1 Å². The van der Waals surface area contributed by atoms with Crippen molar-refractivity contribution in [2.45, 2.75) is 26.4 Å². The van der Waals surface area contributed by atoms with Gasteiger partial charge in [-0.25, -0.2) is 4.39 Å². The summed E-state index contributed by atoms with van der Waals surface area (Å²) >= 11 is 0. The second-order valence-corrected chi connectivity index (χ2v) is 4.93. The summed E-state index contributed by atoms with van der Waals surface area (Å²) in [5.74, 6) is 0.717. The number of aryl methyl sites for hydroxylation is 1. The Morgan fingerprint density at radius 2 is 1.95 bits per heavy atom. The molecule has 0 bridgehead atoms. The van der Waals surface area contributed by atoms with E-state index in [9.17, 15) is 4.39 Å². The summed E-state index contributed by atoms with van der Waals surface area (Å²) in [6, 6.07) is 12.9. The number of methoxy groups -OCH3 is 1. The molecule has 1 atom stereocenters. The summed E-state index contributed by atoms with van der Waals surface area (Å²) in [6.07, 6.45) is 0. The van der Waals surface area contributed by atoms with Crippen LogP contribution in [0.1, 0.15) is 29.7 Å². The highest BCUT2D eigenvalue weighted by atomic mass is 19.1. The highest BCUT2D eigenvalue weighted by Crippen LogP contribution is 2.20. The van der Waals surface area contributed by atoms with E-state index in [1.165, 1.54) is 6.07 Å². The minimum atomic E-state index is -0.168. The maximum Gasteiger partial charge on any atom is 0.127 e. The van der Waals surface area contributed by atoms with Gasteiger partial charge < -0.3 is 10.1 Å². The smallest absolute Gasteiger partial charge is 0.127 e. The molecular formula is C17H20FNO. The molecule has 106 valence electrons. The summed E-state index contributed by atoms with van der Waals surface area (Å²) in [5, 5.41) is 3.34. The lowest BCUT2D eigenvalue weighted by Gasteiger charge is -2.15. The third-order valence-electron chi connectivity index (χ3n) is 3.44. The lowest BCUT2D eigenvalue weighted by atomic mass is 10.1. The second kappa shape index (κ2) is 6.53. The van der Waals surface area contributed by atoms with Crippen molar-refractivity contribution in [1.29, 1.82) is 0 Å². The van der Waals surface area contributed by atoms with E-state index < -0.39 is 0 Å². The van der Waals surface area contributed by atoms with Crippen molar-refractivity contribution in [1.82, 2.24) is 5.32 Å². The summed E-state index contributed by atoms with van der Waals surface area (Å²) in [4.78, 5) is 0. The van der Waals surface area contributed by atoms with Gasteiger partial charge >= 0.3 is 0 Å². The third kappa shape index (κ3) is 3.36. The van der Waals surface area contributed by atoms with Crippen molar-refractivity contribution in [2.24, 2.45) is 0 Å². The zero-order chi connectivity index (χ0) is 14.5. The first kappa shape index (κ1) is 14.5. The molecule has 0 aromatic heterocycles. The second-order valence-electron chi connectivity index (χ2n) is 4.93. The molecule has 0 radical (unpaired) electrons. The molecule has 0 aliphatic rings. The van der Waals surface area contributed by atoms with Crippen molar-refractivity contribution in [2.75, 3.05) is 7.11 Å². The molecule has 0 spiro atoms. The first-order valence-electron chi connectivity index (χ1n) is 6.73. The van der Waals surface area contributed by atoms with Crippen molar-refractivity contribution in [3.63, 3.8) is 0 Å². The van der Waals surface area contributed by atoms with Crippen LogP contribution in [-0.2, 0) is 6.54 Å². The monoisotopic (exact) mass is 273 g/mol. The molecule has 0 saturated carbocycles. The summed E-state index contributed by atoms with van der Waals surface area (Å²) in [6.45, 7) is 4.68. The standard InChI is InChI=1S/C17H20FNO/c1-12-10-14(8-9-17(12)20-3)11-19-13(2)15-6-4-5-7-16(15)18/h4-10,13,19H,11H2,1-3H3/t13-/m1/s1. The lowest BCUT2D eigenvalue weighted by Crippen LogP contribution is -2.19. The van der Waals surface area contributed by atoms with Gasteiger partial charge in [-0.3, -0.25) is 0 Å².